The van der Waals surface area contributed by atoms with Crippen molar-refractivity contribution >= 4 is 11.2 Å². The summed E-state index contributed by atoms with van der Waals surface area (Å²) in [6.45, 7) is 0.390. The maximum absolute atomic E-state index is 11.7. The van der Waals surface area contributed by atoms with E-state index in [0.29, 0.717) is 11.2 Å². The number of aryl methyl sites for hydroxylation is 2. The Hall–Kier alpha value is -1.93. The molecule has 20 heavy (non-hydrogen) atoms. The quantitative estimate of drug-likeness (QED) is 0.684. The fourth-order valence-electron chi connectivity index (χ4n) is 1.69. The summed E-state index contributed by atoms with van der Waals surface area (Å²) >= 11 is 0. The smallest absolute Gasteiger partial charge is 0.332 e. The minimum absolute atomic E-state index is 0.195. The molecule has 0 atom stereocenters. The van der Waals surface area contributed by atoms with Crippen molar-refractivity contribution in [1.29, 1.82) is 0 Å². The van der Waals surface area contributed by atoms with E-state index in [2.05, 4.69) is 4.98 Å². The maximum Gasteiger partial charge on any atom is 0.332 e. The number of nitrogens with zero attached hydrogens (tertiary/aromatic N) is 4. The molecule has 0 radical (unpaired) electrons. The van der Waals surface area contributed by atoms with Gasteiger partial charge in [-0.1, -0.05) is 0 Å². The molecule has 0 spiro atoms. The lowest BCUT2D eigenvalue weighted by atomic mass is 10.3. The second kappa shape index (κ2) is 7.01. The van der Waals surface area contributed by atoms with Crippen LogP contribution in [0.2, 0.25) is 0 Å². The molecule has 0 aromatic carbocycles. The van der Waals surface area contributed by atoms with Crippen molar-refractivity contribution in [1.82, 2.24) is 18.7 Å². The first-order chi connectivity index (χ1) is 9.45. The summed E-state index contributed by atoms with van der Waals surface area (Å²) in [5.41, 5.74) is 0.180. The second-order valence-electron chi connectivity index (χ2n) is 4.39. The number of rotatable bonds is 3. The molecule has 0 aliphatic carbocycles. The predicted molar refractivity (Wildman–Crippen MR) is 74.6 cm³/mol. The van der Waals surface area contributed by atoms with Crippen LogP contribution in [0.4, 0.5) is 0 Å². The average molecular weight is 284 g/mol. The third-order valence-electron chi connectivity index (χ3n) is 2.88. The van der Waals surface area contributed by atoms with E-state index in [4.69, 9.17) is 10.2 Å². The van der Waals surface area contributed by atoms with E-state index < -0.39 is 0 Å². The molecular formula is C12H20N4O4. The van der Waals surface area contributed by atoms with Crippen LogP contribution in [0, 0.1) is 0 Å². The number of fused-ring (bicyclic) bond motifs is 1. The van der Waals surface area contributed by atoms with Crippen molar-refractivity contribution in [2.45, 2.75) is 12.8 Å². The highest BCUT2D eigenvalue weighted by Crippen LogP contribution is 2.01. The van der Waals surface area contributed by atoms with Gasteiger partial charge in [0.05, 0.1) is 6.33 Å². The molecule has 2 rings (SSSR count). The molecule has 8 heteroatoms. The van der Waals surface area contributed by atoms with Crippen LogP contribution in [0.5, 0.6) is 0 Å². The highest BCUT2D eigenvalue weighted by Gasteiger charge is 2.11. The van der Waals surface area contributed by atoms with E-state index >= 15 is 0 Å². The Kier molecular flexibility index (Phi) is 5.66. The summed E-state index contributed by atoms with van der Waals surface area (Å²) in [6.07, 6.45) is 2.96. The van der Waals surface area contributed by atoms with Gasteiger partial charge in [-0.05, 0) is 12.8 Å². The zero-order chi connectivity index (χ0) is 15.3. The van der Waals surface area contributed by atoms with Crippen LogP contribution in [0.25, 0.3) is 11.2 Å². The molecule has 2 heterocycles. The number of unbranched alkanes of at least 4 members (excludes halogenated alkanes) is 1. The SMILES string of the molecule is Cn1c(=O)c2c(ncn2C)n(C)c1=O.OCCCCO. The van der Waals surface area contributed by atoms with Crippen molar-refractivity contribution in [2.75, 3.05) is 13.2 Å². The lowest BCUT2D eigenvalue weighted by Gasteiger charge is -2.02. The van der Waals surface area contributed by atoms with E-state index in [0.717, 1.165) is 17.4 Å². The molecule has 0 amide bonds. The Bertz CT molecular complexity index is 679. The highest BCUT2D eigenvalue weighted by atomic mass is 16.3. The summed E-state index contributed by atoms with van der Waals surface area (Å²) in [4.78, 5) is 27.2. The van der Waals surface area contributed by atoms with Crippen molar-refractivity contribution in [3.8, 4) is 0 Å². The van der Waals surface area contributed by atoms with Crippen LogP contribution in [0.15, 0.2) is 15.9 Å². The van der Waals surface area contributed by atoms with Gasteiger partial charge in [0.1, 0.15) is 0 Å². The van der Waals surface area contributed by atoms with Gasteiger partial charge in [0, 0.05) is 34.4 Å². The first-order valence-electron chi connectivity index (χ1n) is 6.24. The number of hydrogen-bond donors (Lipinski definition) is 2. The van der Waals surface area contributed by atoms with E-state index in [1.165, 1.54) is 17.9 Å². The molecule has 0 bridgehead atoms. The van der Waals surface area contributed by atoms with Gasteiger partial charge in [0.2, 0.25) is 0 Å². The molecule has 0 aliphatic heterocycles. The van der Waals surface area contributed by atoms with Crippen molar-refractivity contribution < 1.29 is 10.2 Å². The van der Waals surface area contributed by atoms with Gasteiger partial charge in [-0.15, -0.1) is 0 Å². The normalized spacial score (nSPS) is 10.4. The van der Waals surface area contributed by atoms with Crippen LogP contribution in [0.1, 0.15) is 12.8 Å². The molecule has 2 aromatic rings. The topological polar surface area (TPSA) is 102 Å². The molecule has 0 saturated heterocycles. The number of aromatic nitrogens is 4. The van der Waals surface area contributed by atoms with Crippen LogP contribution in [-0.4, -0.2) is 42.1 Å². The van der Waals surface area contributed by atoms with Gasteiger partial charge in [-0.3, -0.25) is 13.9 Å². The van der Waals surface area contributed by atoms with Gasteiger partial charge in [-0.25, -0.2) is 9.78 Å². The largest absolute Gasteiger partial charge is 0.396 e. The Balaban J connectivity index is 0.000000286. The third kappa shape index (κ3) is 3.14. The predicted octanol–water partition coefficient (Wildman–Crippen LogP) is -1.28. The number of hydrogen-bond acceptors (Lipinski definition) is 5. The van der Waals surface area contributed by atoms with Crippen LogP contribution < -0.4 is 11.2 Å². The molecule has 0 unspecified atom stereocenters. The molecule has 0 fully saturated rings. The number of aliphatic hydroxyl groups excluding tert-OH is 2. The summed E-state index contributed by atoms with van der Waals surface area (Å²) in [6, 6.07) is 0. The lowest BCUT2D eigenvalue weighted by Crippen LogP contribution is -2.37. The molecule has 2 aromatic heterocycles. The van der Waals surface area contributed by atoms with Crippen LogP contribution in [-0.2, 0) is 21.1 Å². The fourth-order valence-corrected chi connectivity index (χ4v) is 1.69. The highest BCUT2D eigenvalue weighted by molar-refractivity contribution is 5.69. The molecular weight excluding hydrogens is 264 g/mol. The summed E-state index contributed by atoms with van der Waals surface area (Å²) in [5.74, 6) is 0. The summed E-state index contributed by atoms with van der Waals surface area (Å²) < 4.78 is 4.04. The monoisotopic (exact) mass is 284 g/mol. The van der Waals surface area contributed by atoms with Crippen molar-refractivity contribution in [3.63, 3.8) is 0 Å². The Morgan fingerprint density at radius 3 is 2.10 bits per heavy atom. The number of aliphatic hydroxyl groups is 2. The Morgan fingerprint density at radius 2 is 1.60 bits per heavy atom. The van der Waals surface area contributed by atoms with Crippen molar-refractivity contribution in [2.24, 2.45) is 21.1 Å². The minimum atomic E-state index is -0.360. The van der Waals surface area contributed by atoms with E-state index in [-0.39, 0.29) is 24.5 Å². The van der Waals surface area contributed by atoms with Crippen LogP contribution >= 0.6 is 0 Å². The third-order valence-corrected chi connectivity index (χ3v) is 2.88. The molecule has 2 N–H and O–H groups in total. The molecule has 0 aliphatic rings. The maximum atomic E-state index is 11.7. The van der Waals surface area contributed by atoms with Gasteiger partial charge < -0.3 is 14.8 Å². The molecule has 8 nitrogen and oxygen atoms in total. The minimum Gasteiger partial charge on any atom is -0.396 e. The fraction of sp³-hybridized carbons (Fsp3) is 0.583. The van der Waals surface area contributed by atoms with E-state index in [1.807, 2.05) is 0 Å². The summed E-state index contributed by atoms with van der Waals surface area (Å²) in [5, 5.41) is 16.2. The Labute approximate surface area is 115 Å². The average Bonchev–Trinajstić information content (AvgIpc) is 2.83. The van der Waals surface area contributed by atoms with E-state index in [1.54, 1.807) is 18.7 Å². The second-order valence-corrected chi connectivity index (χ2v) is 4.39. The molecule has 112 valence electrons. The zero-order valence-corrected chi connectivity index (χ0v) is 11.9. The van der Waals surface area contributed by atoms with Gasteiger partial charge in [0.25, 0.3) is 5.56 Å². The molecule has 0 saturated carbocycles. The first kappa shape index (κ1) is 16.1. The Morgan fingerprint density at radius 1 is 1.05 bits per heavy atom. The van der Waals surface area contributed by atoms with E-state index in [9.17, 15) is 9.59 Å². The summed E-state index contributed by atoms with van der Waals surface area (Å²) in [7, 11) is 4.77. The first-order valence-corrected chi connectivity index (χ1v) is 6.24. The zero-order valence-electron chi connectivity index (χ0n) is 11.9. The van der Waals surface area contributed by atoms with Gasteiger partial charge in [-0.2, -0.15) is 0 Å². The van der Waals surface area contributed by atoms with Crippen LogP contribution in [0.3, 0.4) is 0 Å². The lowest BCUT2D eigenvalue weighted by molar-refractivity contribution is 0.242. The number of imidazole rings is 1. The van der Waals surface area contributed by atoms with Crippen molar-refractivity contribution in [3.05, 3.63) is 27.2 Å². The van der Waals surface area contributed by atoms with Gasteiger partial charge >= 0.3 is 5.69 Å². The standard InChI is InChI=1S/C8H10N4O2.C4H10O2/c1-10-4-9-6-5(10)7(13)12(3)8(14)11(6)2;5-3-1-2-4-6/h4H,1-3H3;5-6H,1-4H2. The van der Waals surface area contributed by atoms with Gasteiger partial charge in [0.15, 0.2) is 11.2 Å².